The molecule has 0 aliphatic rings. The van der Waals surface area contributed by atoms with Crippen molar-refractivity contribution in [1.82, 2.24) is 9.78 Å². The summed E-state index contributed by atoms with van der Waals surface area (Å²) in [6.07, 6.45) is 0. The molecule has 3 rings (SSSR count). The van der Waals surface area contributed by atoms with Crippen LogP contribution in [0.1, 0.15) is 0 Å². The zero-order valence-electron chi connectivity index (χ0n) is 11.5. The topological polar surface area (TPSA) is 53.1 Å². The van der Waals surface area contributed by atoms with Crippen LogP contribution in [0.5, 0.6) is 5.75 Å². The summed E-state index contributed by atoms with van der Waals surface area (Å²) in [5.41, 5.74) is 8.54. The molecule has 0 fully saturated rings. The van der Waals surface area contributed by atoms with Gasteiger partial charge in [0.15, 0.2) is 0 Å². The predicted octanol–water partition coefficient (Wildman–Crippen LogP) is 3.78. The van der Waals surface area contributed by atoms with Crippen molar-refractivity contribution in [3.8, 4) is 22.7 Å². The molecule has 2 aromatic carbocycles. The zero-order valence-corrected chi connectivity index (χ0v) is 12.2. The first-order valence-electron chi connectivity index (χ1n) is 6.44. The van der Waals surface area contributed by atoms with Gasteiger partial charge in [0, 0.05) is 16.7 Å². The second-order valence-corrected chi connectivity index (χ2v) is 4.98. The Kier molecular flexibility index (Phi) is 3.54. The van der Waals surface area contributed by atoms with Crippen LogP contribution < -0.4 is 10.5 Å². The molecule has 21 heavy (non-hydrogen) atoms. The number of benzene rings is 2. The van der Waals surface area contributed by atoms with E-state index >= 15 is 0 Å². The highest BCUT2D eigenvalue weighted by Crippen LogP contribution is 2.30. The highest BCUT2D eigenvalue weighted by Gasteiger charge is 2.12. The lowest BCUT2D eigenvalue weighted by Crippen LogP contribution is -2.01. The Hall–Kier alpha value is -2.46. The summed E-state index contributed by atoms with van der Waals surface area (Å²) in [5, 5.41) is 5.19. The van der Waals surface area contributed by atoms with Crippen molar-refractivity contribution < 1.29 is 4.74 Å². The lowest BCUT2D eigenvalue weighted by molar-refractivity contribution is 0.416. The van der Waals surface area contributed by atoms with Gasteiger partial charge in [0.1, 0.15) is 11.6 Å². The average Bonchev–Trinajstić information content (AvgIpc) is 2.89. The van der Waals surface area contributed by atoms with Gasteiger partial charge in [-0.05, 0) is 30.3 Å². The fraction of sp³-hybridized carbons (Fsp3) is 0.0625. The number of halogens is 1. The number of para-hydroxylation sites is 1. The maximum absolute atomic E-state index is 6.07. The number of rotatable bonds is 3. The van der Waals surface area contributed by atoms with E-state index in [2.05, 4.69) is 5.10 Å². The summed E-state index contributed by atoms with van der Waals surface area (Å²) < 4.78 is 7.02. The van der Waals surface area contributed by atoms with Gasteiger partial charge in [-0.3, -0.25) is 0 Å². The van der Waals surface area contributed by atoms with E-state index in [1.807, 2.05) is 54.6 Å². The van der Waals surface area contributed by atoms with Crippen LogP contribution in [0.2, 0.25) is 5.02 Å². The first-order chi connectivity index (χ1) is 10.2. The van der Waals surface area contributed by atoms with Gasteiger partial charge in [-0.15, -0.1) is 0 Å². The predicted molar refractivity (Wildman–Crippen MR) is 85.0 cm³/mol. The fourth-order valence-corrected chi connectivity index (χ4v) is 2.38. The van der Waals surface area contributed by atoms with Crippen LogP contribution in [0.25, 0.3) is 16.9 Å². The van der Waals surface area contributed by atoms with Crippen molar-refractivity contribution in [1.29, 1.82) is 0 Å². The van der Waals surface area contributed by atoms with Crippen molar-refractivity contribution in [2.24, 2.45) is 0 Å². The van der Waals surface area contributed by atoms with Gasteiger partial charge in [-0.25, -0.2) is 4.68 Å². The molecular formula is C16H14ClN3O. The van der Waals surface area contributed by atoms with Gasteiger partial charge in [0.05, 0.1) is 18.5 Å². The van der Waals surface area contributed by atoms with Crippen molar-refractivity contribution >= 4 is 17.4 Å². The minimum absolute atomic E-state index is 0.540. The average molecular weight is 300 g/mol. The molecule has 5 heteroatoms. The van der Waals surface area contributed by atoms with Crippen LogP contribution in [0, 0.1) is 0 Å². The second-order valence-electron chi connectivity index (χ2n) is 4.55. The van der Waals surface area contributed by atoms with E-state index in [1.54, 1.807) is 11.8 Å². The molecule has 106 valence electrons. The number of aromatic nitrogens is 2. The highest BCUT2D eigenvalue weighted by atomic mass is 35.5. The Labute approximate surface area is 127 Å². The maximum atomic E-state index is 6.07. The first kappa shape index (κ1) is 13.5. The SMILES string of the molecule is COc1ccccc1-c1cc(N)n(-c2cccc(Cl)c2)n1. The van der Waals surface area contributed by atoms with Crippen LogP contribution in [0.4, 0.5) is 5.82 Å². The molecule has 0 amide bonds. The van der Waals surface area contributed by atoms with E-state index in [9.17, 15) is 0 Å². The zero-order chi connectivity index (χ0) is 14.8. The molecule has 1 aromatic heterocycles. The molecule has 0 saturated heterocycles. The van der Waals surface area contributed by atoms with Crippen molar-refractivity contribution in [3.05, 3.63) is 59.6 Å². The Morgan fingerprint density at radius 2 is 1.90 bits per heavy atom. The minimum atomic E-state index is 0.540. The molecule has 0 unspecified atom stereocenters. The smallest absolute Gasteiger partial charge is 0.128 e. The number of nitrogens with two attached hydrogens (primary N) is 1. The number of methoxy groups -OCH3 is 1. The van der Waals surface area contributed by atoms with Gasteiger partial charge >= 0.3 is 0 Å². The maximum Gasteiger partial charge on any atom is 0.128 e. The van der Waals surface area contributed by atoms with Gasteiger partial charge in [0.25, 0.3) is 0 Å². The largest absolute Gasteiger partial charge is 0.496 e. The van der Waals surface area contributed by atoms with Crippen LogP contribution in [0.3, 0.4) is 0 Å². The van der Waals surface area contributed by atoms with Gasteiger partial charge < -0.3 is 10.5 Å². The van der Waals surface area contributed by atoms with Gasteiger partial charge in [-0.1, -0.05) is 29.8 Å². The van der Waals surface area contributed by atoms with Gasteiger partial charge in [-0.2, -0.15) is 5.10 Å². The summed E-state index contributed by atoms with van der Waals surface area (Å²) in [6, 6.07) is 16.9. The molecule has 2 N–H and O–H groups in total. The Morgan fingerprint density at radius 1 is 1.10 bits per heavy atom. The standard InChI is InChI=1S/C16H14ClN3O/c1-21-15-8-3-2-7-13(15)14-10-16(18)20(19-14)12-6-4-5-11(17)9-12/h2-10H,18H2,1H3. The lowest BCUT2D eigenvalue weighted by atomic mass is 10.1. The number of hydrogen-bond donors (Lipinski definition) is 1. The summed E-state index contributed by atoms with van der Waals surface area (Å²) >= 11 is 6.02. The third-order valence-corrected chi connectivity index (χ3v) is 3.41. The van der Waals surface area contributed by atoms with Crippen LogP contribution in [-0.4, -0.2) is 16.9 Å². The number of nitrogens with zero attached hydrogens (tertiary/aromatic N) is 2. The van der Waals surface area contributed by atoms with E-state index in [0.717, 1.165) is 22.7 Å². The molecule has 0 atom stereocenters. The molecule has 0 bridgehead atoms. The quantitative estimate of drug-likeness (QED) is 0.800. The van der Waals surface area contributed by atoms with Crippen molar-refractivity contribution in [3.63, 3.8) is 0 Å². The van der Waals surface area contributed by atoms with E-state index in [4.69, 9.17) is 22.1 Å². The molecule has 0 spiro atoms. The van der Waals surface area contributed by atoms with Crippen molar-refractivity contribution in [2.45, 2.75) is 0 Å². The molecule has 0 radical (unpaired) electrons. The third kappa shape index (κ3) is 2.58. The Bertz CT molecular complexity index is 783. The lowest BCUT2D eigenvalue weighted by Gasteiger charge is -2.05. The number of hydrogen-bond acceptors (Lipinski definition) is 3. The Balaban J connectivity index is 2.10. The molecule has 3 aromatic rings. The van der Waals surface area contributed by atoms with Crippen LogP contribution in [0.15, 0.2) is 54.6 Å². The van der Waals surface area contributed by atoms with E-state index < -0.39 is 0 Å². The number of anilines is 1. The highest BCUT2D eigenvalue weighted by molar-refractivity contribution is 6.30. The monoisotopic (exact) mass is 299 g/mol. The summed E-state index contributed by atoms with van der Waals surface area (Å²) in [6.45, 7) is 0. The van der Waals surface area contributed by atoms with E-state index in [1.165, 1.54) is 0 Å². The van der Waals surface area contributed by atoms with Crippen molar-refractivity contribution in [2.75, 3.05) is 12.8 Å². The molecule has 0 saturated carbocycles. The molecule has 4 nitrogen and oxygen atoms in total. The normalized spacial score (nSPS) is 10.6. The molecule has 0 aliphatic heterocycles. The van der Waals surface area contributed by atoms with Crippen LogP contribution in [-0.2, 0) is 0 Å². The second kappa shape index (κ2) is 5.50. The number of ether oxygens (including phenoxy) is 1. The molecule has 1 heterocycles. The van der Waals surface area contributed by atoms with E-state index in [0.29, 0.717) is 10.8 Å². The van der Waals surface area contributed by atoms with E-state index in [-0.39, 0.29) is 0 Å². The third-order valence-electron chi connectivity index (χ3n) is 3.17. The summed E-state index contributed by atoms with van der Waals surface area (Å²) in [4.78, 5) is 0. The summed E-state index contributed by atoms with van der Waals surface area (Å²) in [7, 11) is 1.64. The summed E-state index contributed by atoms with van der Waals surface area (Å²) in [5.74, 6) is 1.30. The molecular weight excluding hydrogens is 286 g/mol. The van der Waals surface area contributed by atoms with Crippen LogP contribution >= 0.6 is 11.6 Å². The number of nitrogen functional groups attached to an aromatic ring is 1. The fourth-order valence-electron chi connectivity index (χ4n) is 2.20. The minimum Gasteiger partial charge on any atom is -0.496 e. The molecule has 0 aliphatic carbocycles. The first-order valence-corrected chi connectivity index (χ1v) is 6.81. The Morgan fingerprint density at radius 3 is 2.67 bits per heavy atom. The van der Waals surface area contributed by atoms with Gasteiger partial charge in [0.2, 0.25) is 0 Å².